The summed E-state index contributed by atoms with van der Waals surface area (Å²) in [4.78, 5) is 30.4. The Balaban J connectivity index is 1.43. The van der Waals surface area contributed by atoms with Gasteiger partial charge in [0.15, 0.2) is 5.13 Å². The van der Waals surface area contributed by atoms with Crippen LogP contribution in [0.3, 0.4) is 0 Å². The number of fused-ring (bicyclic) bond motifs is 1. The first kappa shape index (κ1) is 17.6. The van der Waals surface area contributed by atoms with Gasteiger partial charge < -0.3 is 16.0 Å². The van der Waals surface area contributed by atoms with Crippen LogP contribution in [0.15, 0.2) is 30.6 Å². The lowest BCUT2D eigenvalue weighted by Crippen LogP contribution is -2.43. The number of hydrogen-bond donors (Lipinski definition) is 3. The van der Waals surface area contributed by atoms with Crippen LogP contribution in [-0.2, 0) is 9.59 Å². The van der Waals surface area contributed by atoms with E-state index < -0.39 is 0 Å². The molecule has 4 N–H and O–H groups in total. The topological polar surface area (TPSA) is 117 Å². The maximum Gasteiger partial charge on any atom is 0.236 e. The van der Waals surface area contributed by atoms with Crippen LogP contribution in [0.1, 0.15) is 12.8 Å². The van der Waals surface area contributed by atoms with Crippen LogP contribution in [0.25, 0.3) is 21.3 Å². The Kier molecular flexibility index (Phi) is 4.87. The third kappa shape index (κ3) is 3.69. The Bertz CT molecular complexity index is 960. The van der Waals surface area contributed by atoms with E-state index in [1.165, 1.54) is 11.3 Å². The van der Waals surface area contributed by atoms with Gasteiger partial charge in [-0.1, -0.05) is 17.4 Å². The van der Waals surface area contributed by atoms with Gasteiger partial charge in [-0.3, -0.25) is 14.7 Å². The summed E-state index contributed by atoms with van der Waals surface area (Å²) < 4.78 is 1.01. The number of nitrogens with zero attached hydrogens (tertiary/aromatic N) is 3. The summed E-state index contributed by atoms with van der Waals surface area (Å²) in [5.41, 5.74) is 8.31. The summed E-state index contributed by atoms with van der Waals surface area (Å²) in [7, 11) is 0. The monoisotopic (exact) mass is 384 g/mol. The number of hydrogen-bond acceptors (Lipinski definition) is 6. The summed E-state index contributed by atoms with van der Waals surface area (Å²) in [6.07, 6.45) is 4.90. The highest BCUT2D eigenvalue weighted by Crippen LogP contribution is 2.31. The van der Waals surface area contributed by atoms with Crippen molar-refractivity contribution in [2.24, 2.45) is 11.7 Å². The maximum atomic E-state index is 12.6. The second-order valence-electron chi connectivity index (χ2n) is 6.54. The average molecular weight is 384 g/mol. The molecule has 9 heteroatoms. The van der Waals surface area contributed by atoms with Crippen LogP contribution in [-0.4, -0.2) is 51.5 Å². The predicted octanol–water partition coefficient (Wildman–Crippen LogP) is 1.82. The molecule has 1 aromatic carbocycles. The van der Waals surface area contributed by atoms with Crippen LogP contribution in [0, 0.1) is 5.92 Å². The molecule has 0 unspecified atom stereocenters. The summed E-state index contributed by atoms with van der Waals surface area (Å²) in [5.74, 6) is -0.210. The Morgan fingerprint density at radius 2 is 2.11 bits per heavy atom. The maximum absolute atomic E-state index is 12.6. The van der Waals surface area contributed by atoms with Crippen molar-refractivity contribution in [2.75, 3.05) is 25.0 Å². The molecule has 1 fully saturated rings. The van der Waals surface area contributed by atoms with E-state index >= 15 is 0 Å². The van der Waals surface area contributed by atoms with E-state index in [2.05, 4.69) is 20.5 Å². The van der Waals surface area contributed by atoms with Gasteiger partial charge in [0, 0.05) is 30.8 Å². The van der Waals surface area contributed by atoms with Crippen molar-refractivity contribution in [2.45, 2.75) is 12.8 Å². The highest BCUT2D eigenvalue weighted by atomic mass is 32.1. The zero-order valence-corrected chi connectivity index (χ0v) is 15.5. The molecule has 1 saturated heterocycles. The first-order chi connectivity index (χ1) is 13.1. The minimum absolute atomic E-state index is 0.0172. The van der Waals surface area contributed by atoms with Crippen LogP contribution < -0.4 is 11.1 Å². The van der Waals surface area contributed by atoms with Gasteiger partial charge in [-0.2, -0.15) is 5.10 Å². The molecule has 140 valence electrons. The van der Waals surface area contributed by atoms with E-state index in [1.54, 1.807) is 11.1 Å². The summed E-state index contributed by atoms with van der Waals surface area (Å²) in [6.45, 7) is 1.16. The summed E-state index contributed by atoms with van der Waals surface area (Å²) in [5, 5.41) is 10.3. The summed E-state index contributed by atoms with van der Waals surface area (Å²) in [6, 6.07) is 5.98. The minimum Gasteiger partial charge on any atom is -0.342 e. The van der Waals surface area contributed by atoms with Gasteiger partial charge in [-0.25, -0.2) is 4.98 Å². The number of anilines is 1. The van der Waals surface area contributed by atoms with Gasteiger partial charge >= 0.3 is 0 Å². The molecule has 0 radical (unpaired) electrons. The van der Waals surface area contributed by atoms with Crippen molar-refractivity contribution in [1.29, 1.82) is 0 Å². The minimum atomic E-state index is -0.111. The fraction of sp³-hybridized carbons (Fsp3) is 0.333. The Morgan fingerprint density at radius 3 is 2.81 bits per heavy atom. The van der Waals surface area contributed by atoms with Crippen molar-refractivity contribution in [1.82, 2.24) is 20.1 Å². The van der Waals surface area contributed by atoms with Gasteiger partial charge in [0.05, 0.1) is 23.0 Å². The number of carbonyl (C=O) groups is 2. The largest absolute Gasteiger partial charge is 0.342 e. The second kappa shape index (κ2) is 7.45. The van der Waals surface area contributed by atoms with Crippen molar-refractivity contribution in [3.63, 3.8) is 0 Å². The first-order valence-electron chi connectivity index (χ1n) is 8.82. The third-order valence-corrected chi connectivity index (χ3v) is 5.78. The standard InChI is InChI=1S/C18H20N6O2S/c19-8-16(25)24-5-3-11(4-6-24)17(26)23-18-22-14-2-1-12(7-15(14)27-18)13-9-20-21-10-13/h1-2,7,9-11H,3-6,8,19H2,(H,20,21)(H,22,23,26). The lowest BCUT2D eigenvalue weighted by molar-refractivity contribution is -0.133. The number of amides is 2. The molecular formula is C18H20N6O2S. The number of carbonyl (C=O) groups excluding carboxylic acids is 2. The average Bonchev–Trinajstić information content (AvgIpc) is 3.36. The molecule has 3 heterocycles. The number of nitrogens with two attached hydrogens (primary N) is 1. The highest BCUT2D eigenvalue weighted by molar-refractivity contribution is 7.22. The fourth-order valence-electron chi connectivity index (χ4n) is 3.29. The number of nitrogens with one attached hydrogen (secondary N) is 2. The van der Waals surface area contributed by atoms with Crippen LogP contribution in [0.4, 0.5) is 5.13 Å². The number of rotatable bonds is 4. The zero-order valence-electron chi connectivity index (χ0n) is 14.6. The van der Waals surface area contributed by atoms with Gasteiger partial charge in [0.1, 0.15) is 0 Å². The number of piperidine rings is 1. The molecular weight excluding hydrogens is 364 g/mol. The zero-order chi connectivity index (χ0) is 18.8. The van der Waals surface area contributed by atoms with Crippen LogP contribution in [0.2, 0.25) is 0 Å². The van der Waals surface area contributed by atoms with E-state index in [9.17, 15) is 9.59 Å². The van der Waals surface area contributed by atoms with Gasteiger partial charge in [-0.15, -0.1) is 0 Å². The number of thiazole rings is 1. The predicted molar refractivity (Wildman–Crippen MR) is 104 cm³/mol. The van der Waals surface area contributed by atoms with Crippen LogP contribution >= 0.6 is 11.3 Å². The molecule has 0 spiro atoms. The molecule has 3 aromatic rings. The first-order valence-corrected chi connectivity index (χ1v) is 9.64. The molecule has 0 bridgehead atoms. The summed E-state index contributed by atoms with van der Waals surface area (Å²) >= 11 is 1.46. The Hall–Kier alpha value is -2.78. The molecule has 4 rings (SSSR count). The van der Waals surface area contributed by atoms with Gasteiger partial charge in [0.2, 0.25) is 11.8 Å². The molecule has 2 amide bonds. The smallest absolute Gasteiger partial charge is 0.236 e. The second-order valence-corrected chi connectivity index (χ2v) is 7.57. The van der Waals surface area contributed by atoms with Crippen molar-refractivity contribution < 1.29 is 9.59 Å². The molecule has 8 nitrogen and oxygen atoms in total. The molecule has 2 aromatic heterocycles. The number of aromatic nitrogens is 3. The molecule has 0 atom stereocenters. The molecule has 1 aliphatic heterocycles. The number of H-pyrrole nitrogens is 1. The van der Waals surface area contributed by atoms with Gasteiger partial charge in [-0.05, 0) is 30.5 Å². The number of benzene rings is 1. The van der Waals surface area contributed by atoms with Crippen molar-refractivity contribution in [3.05, 3.63) is 30.6 Å². The normalized spacial score (nSPS) is 15.2. The van der Waals surface area contributed by atoms with E-state index in [4.69, 9.17) is 5.73 Å². The molecule has 27 heavy (non-hydrogen) atoms. The van der Waals surface area contributed by atoms with Gasteiger partial charge in [0.25, 0.3) is 0 Å². The van der Waals surface area contributed by atoms with E-state index in [-0.39, 0.29) is 24.3 Å². The SMILES string of the molecule is NCC(=O)N1CCC(C(=O)Nc2nc3ccc(-c4cn[nH]c4)cc3s2)CC1. The Morgan fingerprint density at radius 1 is 1.30 bits per heavy atom. The Labute approximate surface area is 159 Å². The van der Waals surface area contributed by atoms with Crippen LogP contribution in [0.5, 0.6) is 0 Å². The van der Waals surface area contributed by atoms with E-state index in [1.807, 2.05) is 24.4 Å². The van der Waals surface area contributed by atoms with Crippen molar-refractivity contribution >= 4 is 38.5 Å². The molecule has 0 aliphatic carbocycles. The fourth-order valence-corrected chi connectivity index (χ4v) is 4.20. The van der Waals surface area contributed by atoms with E-state index in [0.717, 1.165) is 21.3 Å². The molecule has 1 aliphatic rings. The lowest BCUT2D eigenvalue weighted by Gasteiger charge is -2.30. The number of likely N-dealkylation sites (tertiary alicyclic amines) is 1. The third-order valence-electron chi connectivity index (χ3n) is 4.84. The lowest BCUT2D eigenvalue weighted by atomic mass is 9.96. The van der Waals surface area contributed by atoms with Crippen molar-refractivity contribution in [3.8, 4) is 11.1 Å². The molecule has 0 saturated carbocycles. The van der Waals surface area contributed by atoms with E-state index in [0.29, 0.717) is 31.1 Å². The number of aromatic amines is 1. The highest BCUT2D eigenvalue weighted by Gasteiger charge is 2.27. The quantitative estimate of drug-likeness (QED) is 0.634.